The molecule has 7 nitrogen and oxygen atoms in total. The summed E-state index contributed by atoms with van der Waals surface area (Å²) in [5, 5.41) is 0.703. The molecule has 0 saturated carbocycles. The Morgan fingerprint density at radius 3 is 2.71 bits per heavy atom. The summed E-state index contributed by atoms with van der Waals surface area (Å²) in [7, 11) is 3.23. The Morgan fingerprint density at radius 2 is 1.90 bits per heavy atom. The van der Waals surface area contributed by atoms with Gasteiger partial charge in [0.2, 0.25) is 0 Å². The molecule has 0 bridgehead atoms. The number of methoxy groups -OCH3 is 2. The standard InChI is InChI=1S/C32H36FN3O4S/c1-22-7-5-14-36(21-22)15-6-16-39-32-20-28-26(19-31(32)38-3)29(12-13-34-28)40-30-11-10-23(17-27(30)33)35-41-25-9-4-8-24(18-25)37-2/h4,8-13,17-20,22,35H,5-7,14-16,21H2,1-3H3. The van der Waals surface area contributed by atoms with Crippen molar-refractivity contribution in [1.82, 2.24) is 9.88 Å². The van der Waals surface area contributed by atoms with Gasteiger partial charge in [-0.15, -0.1) is 0 Å². The minimum absolute atomic E-state index is 0.112. The molecule has 0 spiro atoms. The highest BCUT2D eigenvalue weighted by molar-refractivity contribution is 8.00. The number of aromatic nitrogens is 1. The minimum atomic E-state index is -0.485. The van der Waals surface area contributed by atoms with Crippen molar-refractivity contribution in [2.75, 3.05) is 45.2 Å². The Bertz CT molecular complexity index is 1470. The van der Waals surface area contributed by atoms with Gasteiger partial charge in [-0.05, 0) is 86.1 Å². The molecule has 2 heterocycles. The Balaban J connectivity index is 1.24. The predicted molar refractivity (Wildman–Crippen MR) is 162 cm³/mol. The van der Waals surface area contributed by atoms with E-state index in [0.717, 1.165) is 36.1 Å². The SMILES string of the molecule is COc1cccc(SNc2ccc(Oc3ccnc4cc(OCCCN5CCCC(C)C5)c(OC)cc34)c(F)c2)c1. The molecule has 1 atom stereocenters. The van der Waals surface area contributed by atoms with Gasteiger partial charge in [0.05, 0.1) is 26.3 Å². The Morgan fingerprint density at radius 1 is 1.00 bits per heavy atom. The van der Waals surface area contributed by atoms with Crippen molar-refractivity contribution >= 4 is 28.5 Å². The molecule has 1 aromatic heterocycles. The summed E-state index contributed by atoms with van der Waals surface area (Å²) in [6.07, 6.45) is 5.17. The van der Waals surface area contributed by atoms with Crippen molar-refractivity contribution < 1.29 is 23.3 Å². The van der Waals surface area contributed by atoms with Crippen LogP contribution in [0.3, 0.4) is 0 Å². The van der Waals surface area contributed by atoms with E-state index in [0.29, 0.717) is 40.4 Å². The van der Waals surface area contributed by atoms with Crippen molar-refractivity contribution in [3.63, 3.8) is 0 Å². The van der Waals surface area contributed by atoms with E-state index >= 15 is 4.39 Å². The van der Waals surface area contributed by atoms with E-state index in [-0.39, 0.29) is 5.75 Å². The molecular formula is C32H36FN3O4S. The topological polar surface area (TPSA) is 65.1 Å². The van der Waals surface area contributed by atoms with Gasteiger partial charge < -0.3 is 28.6 Å². The number of hydrogen-bond donors (Lipinski definition) is 1. The van der Waals surface area contributed by atoms with E-state index in [2.05, 4.69) is 21.5 Å². The first kappa shape index (κ1) is 28.8. The number of nitrogens with zero attached hydrogens (tertiary/aromatic N) is 2. The number of nitrogens with one attached hydrogen (secondary N) is 1. The second kappa shape index (κ2) is 13.8. The molecule has 4 aromatic rings. The van der Waals surface area contributed by atoms with Gasteiger partial charge in [-0.3, -0.25) is 4.98 Å². The zero-order chi connectivity index (χ0) is 28.6. The van der Waals surface area contributed by atoms with E-state index in [9.17, 15) is 0 Å². The van der Waals surface area contributed by atoms with Crippen LogP contribution >= 0.6 is 11.9 Å². The van der Waals surface area contributed by atoms with Crippen LogP contribution in [0.2, 0.25) is 0 Å². The third kappa shape index (κ3) is 7.54. The lowest BCUT2D eigenvalue weighted by Gasteiger charge is -2.30. The molecule has 0 radical (unpaired) electrons. The zero-order valence-electron chi connectivity index (χ0n) is 23.7. The Hall–Kier alpha value is -3.69. The van der Waals surface area contributed by atoms with Crippen LogP contribution < -0.4 is 23.7 Å². The van der Waals surface area contributed by atoms with E-state index in [1.807, 2.05) is 36.4 Å². The minimum Gasteiger partial charge on any atom is -0.497 e. The number of piperidine rings is 1. The number of fused-ring (bicyclic) bond motifs is 1. The fraction of sp³-hybridized carbons (Fsp3) is 0.344. The van der Waals surface area contributed by atoms with Gasteiger partial charge in [-0.1, -0.05) is 13.0 Å². The van der Waals surface area contributed by atoms with Gasteiger partial charge >= 0.3 is 0 Å². The Kier molecular flexibility index (Phi) is 9.69. The van der Waals surface area contributed by atoms with Gasteiger partial charge in [0.1, 0.15) is 11.5 Å². The highest BCUT2D eigenvalue weighted by atomic mass is 32.2. The molecule has 1 aliphatic heterocycles. The number of hydrogen-bond acceptors (Lipinski definition) is 8. The summed E-state index contributed by atoms with van der Waals surface area (Å²) in [6, 6.07) is 17.8. The third-order valence-corrected chi connectivity index (χ3v) is 7.91. The van der Waals surface area contributed by atoms with Crippen molar-refractivity contribution in [1.29, 1.82) is 0 Å². The van der Waals surface area contributed by atoms with E-state index in [1.165, 1.54) is 37.4 Å². The first-order valence-corrected chi connectivity index (χ1v) is 14.7. The summed E-state index contributed by atoms with van der Waals surface area (Å²) >= 11 is 1.37. The monoisotopic (exact) mass is 577 g/mol. The molecule has 216 valence electrons. The summed E-state index contributed by atoms with van der Waals surface area (Å²) in [4.78, 5) is 7.95. The smallest absolute Gasteiger partial charge is 0.167 e. The average molecular weight is 578 g/mol. The molecule has 1 aliphatic rings. The molecule has 3 aromatic carbocycles. The molecule has 9 heteroatoms. The fourth-order valence-electron chi connectivity index (χ4n) is 5.00. The van der Waals surface area contributed by atoms with E-state index < -0.39 is 5.82 Å². The number of anilines is 1. The second-order valence-electron chi connectivity index (χ2n) is 10.2. The summed E-state index contributed by atoms with van der Waals surface area (Å²) in [5.74, 6) is 2.84. The van der Waals surface area contributed by atoms with E-state index in [1.54, 1.807) is 38.6 Å². The molecule has 0 amide bonds. The molecular weight excluding hydrogens is 541 g/mol. The normalized spacial score (nSPS) is 15.5. The van der Waals surface area contributed by atoms with Crippen molar-refractivity contribution in [2.45, 2.75) is 31.1 Å². The van der Waals surface area contributed by atoms with Crippen molar-refractivity contribution in [3.8, 4) is 28.7 Å². The lowest BCUT2D eigenvalue weighted by Crippen LogP contribution is -2.35. The summed E-state index contributed by atoms with van der Waals surface area (Å²) < 4.78 is 41.2. The summed E-state index contributed by atoms with van der Waals surface area (Å²) in [6.45, 7) is 6.26. The van der Waals surface area contributed by atoms with Crippen LogP contribution in [0.25, 0.3) is 10.9 Å². The maximum atomic E-state index is 15.1. The van der Waals surface area contributed by atoms with Crippen LogP contribution in [-0.2, 0) is 0 Å². The predicted octanol–water partition coefficient (Wildman–Crippen LogP) is 7.80. The van der Waals surface area contributed by atoms with Crippen LogP contribution in [-0.4, -0.2) is 50.3 Å². The van der Waals surface area contributed by atoms with Gasteiger partial charge in [0, 0.05) is 47.4 Å². The van der Waals surface area contributed by atoms with Crippen LogP contribution in [0.15, 0.2) is 71.8 Å². The summed E-state index contributed by atoms with van der Waals surface area (Å²) in [5.41, 5.74) is 1.29. The molecule has 41 heavy (non-hydrogen) atoms. The first-order valence-electron chi connectivity index (χ1n) is 13.9. The molecule has 0 aliphatic carbocycles. The Labute approximate surface area is 245 Å². The first-order chi connectivity index (χ1) is 20.0. The van der Waals surface area contributed by atoms with Crippen LogP contribution in [0.4, 0.5) is 10.1 Å². The quantitative estimate of drug-likeness (QED) is 0.135. The highest BCUT2D eigenvalue weighted by Crippen LogP contribution is 2.38. The number of halogens is 1. The van der Waals surface area contributed by atoms with Crippen LogP contribution in [0.5, 0.6) is 28.7 Å². The van der Waals surface area contributed by atoms with Gasteiger partial charge in [-0.25, -0.2) is 4.39 Å². The lowest BCUT2D eigenvalue weighted by atomic mass is 10.0. The number of pyridine rings is 1. The largest absolute Gasteiger partial charge is 0.497 e. The third-order valence-electron chi connectivity index (χ3n) is 7.08. The fourth-order valence-corrected chi connectivity index (χ4v) is 5.68. The second-order valence-corrected chi connectivity index (χ2v) is 11.1. The maximum Gasteiger partial charge on any atom is 0.167 e. The molecule has 1 unspecified atom stereocenters. The van der Waals surface area contributed by atoms with Crippen LogP contribution in [0.1, 0.15) is 26.2 Å². The van der Waals surface area contributed by atoms with Gasteiger partial charge in [0.15, 0.2) is 23.1 Å². The number of benzene rings is 3. The van der Waals surface area contributed by atoms with Gasteiger partial charge in [0.25, 0.3) is 0 Å². The number of likely N-dealkylation sites (tertiary alicyclic amines) is 1. The van der Waals surface area contributed by atoms with Gasteiger partial charge in [-0.2, -0.15) is 0 Å². The molecule has 5 rings (SSSR count). The average Bonchev–Trinajstić information content (AvgIpc) is 2.99. The van der Waals surface area contributed by atoms with Crippen LogP contribution in [0, 0.1) is 11.7 Å². The molecule has 1 N–H and O–H groups in total. The highest BCUT2D eigenvalue weighted by Gasteiger charge is 2.17. The van der Waals surface area contributed by atoms with Crippen molar-refractivity contribution in [3.05, 3.63) is 72.7 Å². The maximum absolute atomic E-state index is 15.1. The number of rotatable bonds is 12. The lowest BCUT2D eigenvalue weighted by molar-refractivity contribution is 0.169. The molecule has 1 fully saturated rings. The zero-order valence-corrected chi connectivity index (χ0v) is 24.5. The number of ether oxygens (including phenoxy) is 4. The van der Waals surface area contributed by atoms with E-state index in [4.69, 9.17) is 18.9 Å². The molecule has 1 saturated heterocycles. The van der Waals surface area contributed by atoms with Crippen molar-refractivity contribution in [2.24, 2.45) is 5.92 Å².